The summed E-state index contributed by atoms with van der Waals surface area (Å²) < 4.78 is 0. The minimum absolute atomic E-state index is 1.04. The molecule has 0 radical (unpaired) electrons. The van der Waals surface area contributed by atoms with Crippen molar-refractivity contribution in [3.63, 3.8) is 0 Å². The molecule has 0 bridgehead atoms. The largest absolute Gasteiger partial charge is 0.0654 e. The quantitative estimate of drug-likeness (QED) is 0.155. The monoisotopic (exact) mass is 380 g/mol. The molecule has 0 rings (SSSR count). The Morgan fingerprint density at radius 1 is 0.296 bits per heavy atom. The lowest BCUT2D eigenvalue weighted by molar-refractivity contribution is 0.377. The molecule has 0 fully saturated rings. The van der Waals surface area contributed by atoms with Crippen LogP contribution in [0.2, 0.25) is 0 Å². The summed E-state index contributed by atoms with van der Waals surface area (Å²) in [5.41, 5.74) is 0. The van der Waals surface area contributed by atoms with Crippen molar-refractivity contribution < 1.29 is 0 Å². The smallest absolute Gasteiger partial charge is 0.0414 e. The molecule has 0 heteroatoms. The van der Waals surface area contributed by atoms with E-state index in [-0.39, 0.29) is 0 Å². The van der Waals surface area contributed by atoms with Crippen LogP contribution in [-0.4, -0.2) is 0 Å². The van der Waals surface area contributed by atoms with E-state index < -0.39 is 0 Å². The van der Waals surface area contributed by atoms with E-state index in [2.05, 4.69) is 20.8 Å². The van der Waals surface area contributed by atoms with Crippen LogP contribution >= 0.6 is 0 Å². The van der Waals surface area contributed by atoms with Crippen molar-refractivity contribution in [1.29, 1.82) is 0 Å². The molecule has 0 aromatic carbocycles. The molecular formula is C27H56. The summed E-state index contributed by atoms with van der Waals surface area (Å²) in [7, 11) is 0. The van der Waals surface area contributed by atoms with Gasteiger partial charge in [0.15, 0.2) is 0 Å². The SMILES string of the molecule is CCCCCCCCCCCCCCC(CCC)CCCCCCCCC. The number of unbranched alkanes of at least 4 members (excludes halogenated alkanes) is 17. The summed E-state index contributed by atoms with van der Waals surface area (Å²) in [6, 6.07) is 0. The Bertz CT molecular complexity index is 244. The van der Waals surface area contributed by atoms with Crippen molar-refractivity contribution in [2.24, 2.45) is 5.92 Å². The van der Waals surface area contributed by atoms with Gasteiger partial charge in [0.2, 0.25) is 0 Å². The lowest BCUT2D eigenvalue weighted by atomic mass is 9.90. The fraction of sp³-hybridized carbons (Fsp3) is 1.00. The molecule has 0 aromatic heterocycles. The first-order valence-electron chi connectivity index (χ1n) is 13.3. The minimum atomic E-state index is 1.04. The molecule has 0 spiro atoms. The van der Waals surface area contributed by atoms with Crippen LogP contribution < -0.4 is 0 Å². The highest BCUT2D eigenvalue weighted by Gasteiger charge is 2.07. The Balaban J connectivity index is 3.38. The zero-order valence-corrected chi connectivity index (χ0v) is 19.8. The minimum Gasteiger partial charge on any atom is -0.0654 e. The van der Waals surface area contributed by atoms with Gasteiger partial charge in [-0.05, 0) is 5.92 Å². The molecule has 27 heavy (non-hydrogen) atoms. The van der Waals surface area contributed by atoms with Crippen LogP contribution in [0.3, 0.4) is 0 Å². The zero-order valence-electron chi connectivity index (χ0n) is 19.8. The van der Waals surface area contributed by atoms with Crippen LogP contribution in [0.5, 0.6) is 0 Å². The highest BCUT2D eigenvalue weighted by molar-refractivity contribution is 4.61. The second kappa shape index (κ2) is 24.0. The lowest BCUT2D eigenvalue weighted by Gasteiger charge is -2.16. The molecule has 164 valence electrons. The molecular weight excluding hydrogens is 324 g/mol. The Kier molecular flexibility index (Phi) is 24.0. The van der Waals surface area contributed by atoms with Gasteiger partial charge in [-0.25, -0.2) is 0 Å². The van der Waals surface area contributed by atoms with E-state index >= 15 is 0 Å². The number of rotatable bonds is 23. The normalized spacial score (nSPS) is 12.6. The third-order valence-electron chi connectivity index (χ3n) is 6.38. The summed E-state index contributed by atoms with van der Waals surface area (Å²) >= 11 is 0. The molecule has 0 aliphatic rings. The maximum absolute atomic E-state index is 2.38. The number of hydrogen-bond donors (Lipinski definition) is 0. The van der Waals surface area contributed by atoms with Crippen LogP contribution in [0, 0.1) is 5.92 Å². The third kappa shape index (κ3) is 22.2. The van der Waals surface area contributed by atoms with Crippen molar-refractivity contribution in [2.45, 2.75) is 168 Å². The molecule has 0 N–H and O–H groups in total. The average molecular weight is 381 g/mol. The first kappa shape index (κ1) is 27.0. The predicted octanol–water partition coefficient (Wildman–Crippen LogP) is 10.6. The maximum atomic E-state index is 2.38. The molecule has 0 saturated heterocycles. The molecule has 0 aliphatic carbocycles. The maximum Gasteiger partial charge on any atom is -0.0414 e. The standard InChI is InChI=1S/C27H56/c1-4-7-9-11-13-14-15-16-17-19-21-23-26-27(24-6-3)25-22-20-18-12-10-8-5-2/h27H,4-26H2,1-3H3. The lowest BCUT2D eigenvalue weighted by Crippen LogP contribution is -2.00. The van der Waals surface area contributed by atoms with Gasteiger partial charge in [0.25, 0.3) is 0 Å². The van der Waals surface area contributed by atoms with Crippen LogP contribution in [0.15, 0.2) is 0 Å². The van der Waals surface area contributed by atoms with E-state index in [0.717, 1.165) is 5.92 Å². The highest BCUT2D eigenvalue weighted by Crippen LogP contribution is 2.23. The van der Waals surface area contributed by atoms with Crippen LogP contribution in [-0.2, 0) is 0 Å². The summed E-state index contributed by atoms with van der Waals surface area (Å²) in [4.78, 5) is 0. The van der Waals surface area contributed by atoms with Crippen LogP contribution in [0.4, 0.5) is 0 Å². The van der Waals surface area contributed by atoms with E-state index in [4.69, 9.17) is 0 Å². The van der Waals surface area contributed by atoms with Crippen molar-refractivity contribution in [3.05, 3.63) is 0 Å². The van der Waals surface area contributed by atoms with Crippen molar-refractivity contribution in [2.75, 3.05) is 0 Å². The predicted molar refractivity (Wildman–Crippen MR) is 127 cm³/mol. The highest BCUT2D eigenvalue weighted by atomic mass is 14.1. The van der Waals surface area contributed by atoms with Gasteiger partial charge in [0.05, 0.1) is 0 Å². The molecule has 0 nitrogen and oxygen atoms in total. The molecule has 0 heterocycles. The second-order valence-corrected chi connectivity index (χ2v) is 9.24. The summed E-state index contributed by atoms with van der Waals surface area (Å²) in [5, 5.41) is 0. The Morgan fingerprint density at radius 3 is 0.889 bits per heavy atom. The van der Waals surface area contributed by atoms with Crippen molar-refractivity contribution >= 4 is 0 Å². The van der Waals surface area contributed by atoms with E-state index in [9.17, 15) is 0 Å². The van der Waals surface area contributed by atoms with Crippen LogP contribution in [0.25, 0.3) is 0 Å². The van der Waals surface area contributed by atoms with Gasteiger partial charge >= 0.3 is 0 Å². The van der Waals surface area contributed by atoms with Gasteiger partial charge in [0.1, 0.15) is 0 Å². The summed E-state index contributed by atoms with van der Waals surface area (Å²) in [6.07, 6.45) is 33.8. The summed E-state index contributed by atoms with van der Waals surface area (Å²) in [5.74, 6) is 1.04. The van der Waals surface area contributed by atoms with E-state index in [1.807, 2.05) is 0 Å². The molecule has 0 amide bonds. The van der Waals surface area contributed by atoms with Gasteiger partial charge in [-0.15, -0.1) is 0 Å². The fourth-order valence-electron chi connectivity index (χ4n) is 4.51. The Hall–Kier alpha value is 0. The molecule has 0 saturated carbocycles. The van der Waals surface area contributed by atoms with Gasteiger partial charge in [-0.2, -0.15) is 0 Å². The first-order valence-corrected chi connectivity index (χ1v) is 13.3. The molecule has 1 atom stereocenters. The zero-order chi connectivity index (χ0) is 19.8. The fourth-order valence-corrected chi connectivity index (χ4v) is 4.51. The van der Waals surface area contributed by atoms with Crippen LogP contribution in [0.1, 0.15) is 168 Å². The van der Waals surface area contributed by atoms with E-state index in [1.54, 1.807) is 0 Å². The van der Waals surface area contributed by atoms with Crippen molar-refractivity contribution in [3.8, 4) is 0 Å². The average Bonchev–Trinajstić information content (AvgIpc) is 2.68. The Labute approximate surface area is 174 Å². The topological polar surface area (TPSA) is 0 Å². The van der Waals surface area contributed by atoms with Gasteiger partial charge in [-0.1, -0.05) is 168 Å². The van der Waals surface area contributed by atoms with E-state index in [1.165, 1.54) is 148 Å². The van der Waals surface area contributed by atoms with Crippen molar-refractivity contribution in [1.82, 2.24) is 0 Å². The third-order valence-corrected chi connectivity index (χ3v) is 6.38. The second-order valence-electron chi connectivity index (χ2n) is 9.24. The molecule has 1 unspecified atom stereocenters. The van der Waals surface area contributed by atoms with Gasteiger partial charge in [-0.3, -0.25) is 0 Å². The van der Waals surface area contributed by atoms with E-state index in [0.29, 0.717) is 0 Å². The number of hydrogen-bond acceptors (Lipinski definition) is 0. The summed E-state index contributed by atoms with van der Waals surface area (Å²) in [6.45, 7) is 6.99. The Morgan fingerprint density at radius 2 is 0.593 bits per heavy atom. The molecule has 0 aromatic rings. The molecule has 0 aliphatic heterocycles. The first-order chi connectivity index (χ1) is 13.3. The van der Waals surface area contributed by atoms with Gasteiger partial charge < -0.3 is 0 Å². The van der Waals surface area contributed by atoms with Gasteiger partial charge in [0, 0.05) is 0 Å².